The van der Waals surface area contributed by atoms with Crippen molar-refractivity contribution in [2.45, 2.75) is 476 Å². The smallest absolute Gasteiger partial charge is 0.308 e. The van der Waals surface area contributed by atoms with Crippen molar-refractivity contribution in [2.75, 3.05) is 13.2 Å². The molecule has 2 saturated heterocycles. The molecule has 0 N–H and O–H groups in total. The molecular weight excluding hydrogens is 1310 g/mol. The standard InChI is InChI=1S/C84H150O19/c1-9-16-23-30-37-44-51-58-70(86)93-65-68-77(95-67(8)85)79(98-72(88)60-53-46-39-32-25-18-11-3)82(101-75(91)63-56-49-42-35-28-21-14-6)84(97-68)103-78-69(66-94-71(87)59-52-45-38-31-24-17-10-2)96-83(102-76(92)64-57-50-43-36-29-22-15-7)81(100-74(90)62-55-48-41-34-27-20-13-5)80(78)99-73(89)61-54-47-40-33-26-19-12-4/h68-69,77-84H,9-66H2,1-8H3/t68-,69-,77-,78-,79+,80+,81-,82-,83+,84+/m1/s1. The lowest BCUT2D eigenvalue weighted by atomic mass is 9.95. The van der Waals surface area contributed by atoms with E-state index >= 15 is 0 Å². The molecular formula is C84H150O19. The Morgan fingerprint density at radius 1 is 0.223 bits per heavy atom. The predicted molar refractivity (Wildman–Crippen MR) is 404 cm³/mol. The van der Waals surface area contributed by atoms with Gasteiger partial charge in [-0.15, -0.1) is 0 Å². The molecule has 600 valence electrons. The lowest BCUT2D eigenvalue weighted by Gasteiger charge is -2.48. The van der Waals surface area contributed by atoms with Gasteiger partial charge in [0.15, 0.2) is 30.7 Å². The summed E-state index contributed by atoms with van der Waals surface area (Å²) in [6, 6.07) is 0. The zero-order chi connectivity index (χ0) is 75.2. The Bertz CT molecular complexity index is 2160. The van der Waals surface area contributed by atoms with Gasteiger partial charge in [-0.25, -0.2) is 0 Å². The molecule has 0 bridgehead atoms. The van der Waals surface area contributed by atoms with Crippen molar-refractivity contribution in [3.63, 3.8) is 0 Å². The summed E-state index contributed by atoms with van der Waals surface area (Å²) in [4.78, 5) is 114. The maximum Gasteiger partial charge on any atom is 0.308 e. The fourth-order valence-electron chi connectivity index (χ4n) is 13.5. The van der Waals surface area contributed by atoms with Crippen molar-refractivity contribution in [2.24, 2.45) is 0 Å². The van der Waals surface area contributed by atoms with Crippen LogP contribution in [-0.2, 0) is 90.5 Å². The maximum absolute atomic E-state index is 14.8. The molecule has 0 aromatic rings. The number of unbranched alkanes of at least 4 members (excludes halogenated alkanes) is 42. The van der Waals surface area contributed by atoms with Gasteiger partial charge in [-0.05, 0) is 44.9 Å². The van der Waals surface area contributed by atoms with E-state index in [1.165, 1.54) is 6.92 Å². The van der Waals surface area contributed by atoms with Crippen LogP contribution in [0.25, 0.3) is 0 Å². The van der Waals surface area contributed by atoms with Crippen molar-refractivity contribution in [1.82, 2.24) is 0 Å². The van der Waals surface area contributed by atoms with E-state index in [1.807, 2.05) is 0 Å². The van der Waals surface area contributed by atoms with Crippen molar-refractivity contribution in [1.29, 1.82) is 0 Å². The topological polar surface area (TPSA) is 238 Å². The first-order valence-corrected chi connectivity index (χ1v) is 42.6. The lowest BCUT2D eigenvalue weighted by Crippen LogP contribution is -2.67. The van der Waals surface area contributed by atoms with Crippen LogP contribution in [0, 0.1) is 0 Å². The number of carbonyl (C=O) groups excluding carboxylic acids is 8. The molecule has 0 aliphatic carbocycles. The third-order valence-electron chi connectivity index (χ3n) is 19.8. The number of ether oxygens (including phenoxy) is 11. The largest absolute Gasteiger partial charge is 0.463 e. The summed E-state index contributed by atoms with van der Waals surface area (Å²) >= 11 is 0. The van der Waals surface area contributed by atoms with Crippen molar-refractivity contribution < 1.29 is 90.5 Å². The van der Waals surface area contributed by atoms with Crippen LogP contribution in [0.5, 0.6) is 0 Å². The van der Waals surface area contributed by atoms with E-state index in [9.17, 15) is 38.4 Å². The average molecular weight is 1460 g/mol. The predicted octanol–water partition coefficient (Wildman–Crippen LogP) is 21.0. The average Bonchev–Trinajstić information content (AvgIpc) is 0.768. The fraction of sp³-hybridized carbons (Fsp3) is 0.905. The molecule has 10 atom stereocenters. The van der Waals surface area contributed by atoms with Crippen LogP contribution in [0.4, 0.5) is 0 Å². The fourth-order valence-corrected chi connectivity index (χ4v) is 13.5. The minimum Gasteiger partial charge on any atom is -0.463 e. The first kappa shape index (κ1) is 94.7. The van der Waals surface area contributed by atoms with Crippen LogP contribution in [0.1, 0.15) is 415 Å². The molecule has 2 fully saturated rings. The van der Waals surface area contributed by atoms with E-state index in [0.717, 1.165) is 270 Å². The van der Waals surface area contributed by atoms with Crippen LogP contribution in [-0.4, -0.2) is 122 Å². The summed E-state index contributed by atoms with van der Waals surface area (Å²) in [6.07, 6.45) is 29.0. The molecule has 0 unspecified atom stereocenters. The molecule has 0 saturated carbocycles. The van der Waals surface area contributed by atoms with Crippen LogP contribution in [0.2, 0.25) is 0 Å². The molecule has 103 heavy (non-hydrogen) atoms. The van der Waals surface area contributed by atoms with E-state index in [1.54, 1.807) is 0 Å². The van der Waals surface area contributed by atoms with Gasteiger partial charge in [-0.2, -0.15) is 0 Å². The lowest BCUT2D eigenvalue weighted by molar-refractivity contribution is -0.358. The number of hydrogen-bond acceptors (Lipinski definition) is 19. The van der Waals surface area contributed by atoms with Crippen LogP contribution < -0.4 is 0 Å². The summed E-state index contributed by atoms with van der Waals surface area (Å²) < 4.78 is 71.3. The Morgan fingerprint density at radius 2 is 0.437 bits per heavy atom. The Hall–Kier alpha value is -4.36. The molecule has 0 aromatic heterocycles. The molecule has 2 rings (SSSR count). The van der Waals surface area contributed by atoms with Crippen molar-refractivity contribution in [3.05, 3.63) is 0 Å². The Kier molecular flexibility index (Phi) is 59.6. The van der Waals surface area contributed by atoms with Gasteiger partial charge in [-0.1, -0.05) is 318 Å². The quantitative estimate of drug-likeness (QED) is 0.0312. The van der Waals surface area contributed by atoms with E-state index in [0.29, 0.717) is 44.9 Å². The minimum absolute atomic E-state index is 0.00245. The van der Waals surface area contributed by atoms with Gasteiger partial charge in [0, 0.05) is 51.9 Å². The van der Waals surface area contributed by atoms with Crippen LogP contribution >= 0.6 is 0 Å². The van der Waals surface area contributed by atoms with E-state index in [2.05, 4.69) is 48.5 Å². The van der Waals surface area contributed by atoms with E-state index < -0.39 is 122 Å². The molecule has 2 aliphatic rings. The third kappa shape index (κ3) is 47.8. The molecule has 0 amide bonds. The SMILES string of the molecule is CCCCCCCCCC(=O)OC[C@H]1O[C@@H](O[C@H]2[C@H](OC(=O)CCCCCCCCC)[C@@H](OC(=O)CCCCCCCCC)[C@H](OC(=O)CCCCCCCCC)O[C@@H]2COC(=O)CCCCCCCCC)[C@H](OC(=O)CCCCCCCCC)[C@@H](OC(=O)CCCCCCCCC)[C@@H]1OC(C)=O. The van der Waals surface area contributed by atoms with Gasteiger partial charge in [-0.3, -0.25) is 38.4 Å². The second kappa shape index (κ2) is 64.8. The number of hydrogen-bond donors (Lipinski definition) is 0. The van der Waals surface area contributed by atoms with Gasteiger partial charge < -0.3 is 52.1 Å². The highest BCUT2D eigenvalue weighted by atomic mass is 16.8. The van der Waals surface area contributed by atoms with E-state index in [-0.39, 0.29) is 44.9 Å². The summed E-state index contributed by atoms with van der Waals surface area (Å²) in [5.74, 6) is -5.31. The van der Waals surface area contributed by atoms with Gasteiger partial charge in [0.25, 0.3) is 0 Å². The zero-order valence-electron chi connectivity index (χ0n) is 66.5. The second-order valence-electron chi connectivity index (χ2n) is 29.5. The first-order valence-electron chi connectivity index (χ1n) is 42.6. The molecule has 2 aliphatic heterocycles. The molecule has 0 radical (unpaired) electrons. The van der Waals surface area contributed by atoms with Crippen molar-refractivity contribution in [3.8, 4) is 0 Å². The number of carbonyl (C=O) groups is 8. The van der Waals surface area contributed by atoms with Crippen molar-refractivity contribution >= 4 is 47.8 Å². The Balaban J connectivity index is 3.06. The highest BCUT2D eigenvalue weighted by Gasteiger charge is 2.58. The molecule has 19 heteroatoms. The highest BCUT2D eigenvalue weighted by molar-refractivity contribution is 5.73. The van der Waals surface area contributed by atoms with Gasteiger partial charge in [0.2, 0.25) is 12.4 Å². The summed E-state index contributed by atoms with van der Waals surface area (Å²) in [6.45, 7) is 15.2. The summed E-state index contributed by atoms with van der Waals surface area (Å²) in [5.41, 5.74) is 0. The highest BCUT2D eigenvalue weighted by Crippen LogP contribution is 2.37. The van der Waals surface area contributed by atoms with Gasteiger partial charge in [0.05, 0.1) is 0 Å². The minimum atomic E-state index is -1.85. The zero-order valence-corrected chi connectivity index (χ0v) is 66.5. The van der Waals surface area contributed by atoms with E-state index in [4.69, 9.17) is 52.1 Å². The summed E-state index contributed by atoms with van der Waals surface area (Å²) in [5, 5.41) is 0. The molecule has 2 heterocycles. The second-order valence-corrected chi connectivity index (χ2v) is 29.5. The Labute approximate surface area is 625 Å². The maximum atomic E-state index is 14.8. The molecule has 0 spiro atoms. The number of rotatable bonds is 68. The monoisotopic (exact) mass is 1460 g/mol. The van der Waals surface area contributed by atoms with Crippen LogP contribution in [0.15, 0.2) is 0 Å². The van der Waals surface area contributed by atoms with Gasteiger partial charge >= 0.3 is 47.8 Å². The normalized spacial score (nSPS) is 20.2. The van der Waals surface area contributed by atoms with Gasteiger partial charge in [0.1, 0.15) is 31.5 Å². The Morgan fingerprint density at radius 3 is 0.718 bits per heavy atom. The van der Waals surface area contributed by atoms with Crippen LogP contribution in [0.3, 0.4) is 0 Å². The molecule has 0 aromatic carbocycles. The summed E-state index contributed by atoms with van der Waals surface area (Å²) in [7, 11) is 0. The molecule has 19 nitrogen and oxygen atoms in total. The first-order chi connectivity index (χ1) is 50.2. The number of esters is 8. The third-order valence-corrected chi connectivity index (χ3v) is 19.8.